The number of carbonyl (C=O) groups excluding carboxylic acids is 1. The van der Waals surface area contributed by atoms with Gasteiger partial charge in [-0.05, 0) is 30.5 Å². The summed E-state index contributed by atoms with van der Waals surface area (Å²) in [5, 5.41) is 20.9. The van der Waals surface area contributed by atoms with E-state index in [2.05, 4.69) is 5.32 Å². The lowest BCUT2D eigenvalue weighted by atomic mass is 10.0. The van der Waals surface area contributed by atoms with Crippen molar-refractivity contribution >= 4 is 11.9 Å². The van der Waals surface area contributed by atoms with Gasteiger partial charge in [-0.25, -0.2) is 4.79 Å². The Morgan fingerprint density at radius 1 is 1.28 bits per heavy atom. The molecule has 0 saturated heterocycles. The van der Waals surface area contributed by atoms with Crippen molar-refractivity contribution in [2.24, 2.45) is 5.92 Å². The molecule has 3 N–H and O–H groups in total. The maximum absolute atomic E-state index is 11.8. The fourth-order valence-corrected chi connectivity index (χ4v) is 1.49. The Labute approximate surface area is 105 Å². The van der Waals surface area contributed by atoms with Gasteiger partial charge in [0, 0.05) is 5.56 Å². The molecule has 18 heavy (non-hydrogen) atoms. The van der Waals surface area contributed by atoms with Crippen molar-refractivity contribution in [2.45, 2.75) is 26.8 Å². The molecule has 0 fully saturated rings. The van der Waals surface area contributed by atoms with Crippen molar-refractivity contribution in [3.63, 3.8) is 0 Å². The Morgan fingerprint density at radius 3 is 2.33 bits per heavy atom. The first-order valence-electron chi connectivity index (χ1n) is 5.66. The largest absolute Gasteiger partial charge is 0.508 e. The predicted molar refractivity (Wildman–Crippen MR) is 66.6 cm³/mol. The zero-order valence-electron chi connectivity index (χ0n) is 10.6. The van der Waals surface area contributed by atoms with Crippen LogP contribution in [0.4, 0.5) is 0 Å². The van der Waals surface area contributed by atoms with E-state index in [4.69, 9.17) is 5.11 Å². The number of aryl methyl sites for hydroxylation is 1. The molecule has 1 aromatic rings. The van der Waals surface area contributed by atoms with Crippen molar-refractivity contribution < 1.29 is 19.8 Å². The number of nitrogens with one attached hydrogen (secondary N) is 1. The molecule has 1 aromatic carbocycles. The number of amides is 1. The zero-order valence-corrected chi connectivity index (χ0v) is 10.6. The van der Waals surface area contributed by atoms with Gasteiger partial charge in [-0.15, -0.1) is 0 Å². The van der Waals surface area contributed by atoms with E-state index in [-0.39, 0.29) is 17.2 Å². The van der Waals surface area contributed by atoms with Crippen LogP contribution >= 0.6 is 0 Å². The van der Waals surface area contributed by atoms with Gasteiger partial charge in [-0.1, -0.05) is 19.9 Å². The SMILES string of the molecule is Cc1ccc(C(=O)N[C@@H](C(=O)O)C(C)C)cc1O. The maximum atomic E-state index is 11.8. The van der Waals surface area contributed by atoms with Crippen LogP contribution < -0.4 is 5.32 Å². The summed E-state index contributed by atoms with van der Waals surface area (Å²) in [5.41, 5.74) is 0.898. The summed E-state index contributed by atoms with van der Waals surface area (Å²) in [6.45, 7) is 5.14. The Kier molecular flexibility index (Phi) is 4.31. The molecule has 0 bridgehead atoms. The zero-order chi connectivity index (χ0) is 13.9. The average Bonchev–Trinajstić information content (AvgIpc) is 2.28. The van der Waals surface area contributed by atoms with Crippen molar-refractivity contribution in [3.05, 3.63) is 29.3 Å². The van der Waals surface area contributed by atoms with Gasteiger partial charge in [-0.2, -0.15) is 0 Å². The number of benzene rings is 1. The number of carbonyl (C=O) groups is 2. The van der Waals surface area contributed by atoms with Crippen molar-refractivity contribution in [3.8, 4) is 5.75 Å². The minimum Gasteiger partial charge on any atom is -0.508 e. The molecule has 0 heterocycles. The molecule has 0 unspecified atom stereocenters. The van der Waals surface area contributed by atoms with E-state index in [9.17, 15) is 14.7 Å². The summed E-state index contributed by atoms with van der Waals surface area (Å²) in [5.74, 6) is -1.79. The molecule has 1 amide bonds. The highest BCUT2D eigenvalue weighted by Gasteiger charge is 2.24. The third-order valence-corrected chi connectivity index (χ3v) is 2.69. The van der Waals surface area contributed by atoms with Crippen molar-refractivity contribution in [2.75, 3.05) is 0 Å². The minimum absolute atomic E-state index is 0.0130. The van der Waals surface area contributed by atoms with Crippen LogP contribution in [-0.2, 0) is 4.79 Å². The highest BCUT2D eigenvalue weighted by Crippen LogP contribution is 2.17. The first-order valence-corrected chi connectivity index (χ1v) is 5.66. The van der Waals surface area contributed by atoms with Crippen LogP contribution in [0, 0.1) is 12.8 Å². The Balaban J connectivity index is 2.87. The number of hydrogen-bond acceptors (Lipinski definition) is 3. The van der Waals surface area contributed by atoms with Crippen LogP contribution in [0.1, 0.15) is 29.8 Å². The van der Waals surface area contributed by atoms with Crippen LogP contribution in [0.15, 0.2) is 18.2 Å². The van der Waals surface area contributed by atoms with Gasteiger partial charge in [0.2, 0.25) is 0 Å². The summed E-state index contributed by atoms with van der Waals surface area (Å²) in [4.78, 5) is 22.8. The molecule has 0 aliphatic carbocycles. The smallest absolute Gasteiger partial charge is 0.326 e. The maximum Gasteiger partial charge on any atom is 0.326 e. The lowest BCUT2D eigenvalue weighted by Gasteiger charge is -2.18. The molecule has 5 nitrogen and oxygen atoms in total. The van der Waals surface area contributed by atoms with E-state index in [1.165, 1.54) is 6.07 Å². The molecular formula is C13H17NO4. The van der Waals surface area contributed by atoms with Gasteiger partial charge in [0.25, 0.3) is 5.91 Å². The van der Waals surface area contributed by atoms with E-state index >= 15 is 0 Å². The molecule has 0 saturated carbocycles. The normalized spacial score (nSPS) is 12.2. The van der Waals surface area contributed by atoms with Gasteiger partial charge < -0.3 is 15.5 Å². The number of hydrogen-bond donors (Lipinski definition) is 3. The quantitative estimate of drug-likeness (QED) is 0.757. The van der Waals surface area contributed by atoms with Gasteiger partial charge in [-0.3, -0.25) is 4.79 Å². The van der Waals surface area contributed by atoms with Gasteiger partial charge in [0.1, 0.15) is 11.8 Å². The van der Waals surface area contributed by atoms with Crippen molar-refractivity contribution in [1.82, 2.24) is 5.32 Å². The summed E-state index contributed by atoms with van der Waals surface area (Å²) in [6.07, 6.45) is 0. The Bertz CT molecular complexity index is 468. The monoisotopic (exact) mass is 251 g/mol. The van der Waals surface area contributed by atoms with Crippen LogP contribution in [0.2, 0.25) is 0 Å². The van der Waals surface area contributed by atoms with Crippen molar-refractivity contribution in [1.29, 1.82) is 0 Å². The molecule has 0 spiro atoms. The molecular weight excluding hydrogens is 234 g/mol. The van der Waals surface area contributed by atoms with Crippen LogP contribution in [0.5, 0.6) is 5.75 Å². The second-order valence-electron chi connectivity index (χ2n) is 4.53. The van der Waals surface area contributed by atoms with E-state index < -0.39 is 17.9 Å². The number of carboxylic acids is 1. The number of rotatable bonds is 4. The molecule has 0 aliphatic rings. The number of aliphatic carboxylic acids is 1. The van der Waals surface area contributed by atoms with Gasteiger partial charge in [0.15, 0.2) is 0 Å². The summed E-state index contributed by atoms with van der Waals surface area (Å²) >= 11 is 0. The molecule has 98 valence electrons. The molecule has 0 radical (unpaired) electrons. The summed E-state index contributed by atoms with van der Waals surface area (Å²) < 4.78 is 0. The second-order valence-corrected chi connectivity index (χ2v) is 4.53. The summed E-state index contributed by atoms with van der Waals surface area (Å²) in [7, 11) is 0. The van der Waals surface area contributed by atoms with E-state index in [1.54, 1.807) is 32.9 Å². The fourth-order valence-electron chi connectivity index (χ4n) is 1.49. The van der Waals surface area contributed by atoms with Crippen LogP contribution in [0.3, 0.4) is 0 Å². The first kappa shape index (κ1) is 14.0. The number of phenols is 1. The average molecular weight is 251 g/mol. The molecule has 5 heteroatoms. The standard InChI is InChI=1S/C13H17NO4/c1-7(2)11(13(17)18)14-12(16)9-5-4-8(3)10(15)6-9/h4-7,11,15H,1-3H3,(H,14,16)(H,17,18)/t11-/m1/s1. The molecule has 1 rings (SSSR count). The predicted octanol–water partition coefficient (Wildman–Crippen LogP) is 1.54. The Hall–Kier alpha value is -2.04. The molecule has 0 aromatic heterocycles. The third-order valence-electron chi connectivity index (χ3n) is 2.69. The van der Waals surface area contributed by atoms with Gasteiger partial charge >= 0.3 is 5.97 Å². The van der Waals surface area contributed by atoms with E-state index in [1.807, 2.05) is 0 Å². The number of phenolic OH excluding ortho intramolecular Hbond substituents is 1. The van der Waals surface area contributed by atoms with E-state index in [0.717, 1.165) is 0 Å². The van der Waals surface area contributed by atoms with Gasteiger partial charge in [0.05, 0.1) is 0 Å². The molecule has 1 atom stereocenters. The second kappa shape index (κ2) is 5.53. The lowest BCUT2D eigenvalue weighted by molar-refractivity contribution is -0.140. The Morgan fingerprint density at radius 2 is 1.89 bits per heavy atom. The summed E-state index contributed by atoms with van der Waals surface area (Å²) in [6, 6.07) is 3.53. The van der Waals surface area contributed by atoms with Crippen LogP contribution in [-0.4, -0.2) is 28.1 Å². The van der Waals surface area contributed by atoms with E-state index in [0.29, 0.717) is 5.56 Å². The topological polar surface area (TPSA) is 86.6 Å². The highest BCUT2D eigenvalue weighted by molar-refractivity contribution is 5.97. The number of aromatic hydroxyl groups is 1. The lowest BCUT2D eigenvalue weighted by Crippen LogP contribution is -2.44. The minimum atomic E-state index is -1.07. The fraction of sp³-hybridized carbons (Fsp3) is 0.385. The number of carboxylic acid groups (broad SMARTS) is 1. The molecule has 0 aliphatic heterocycles. The third kappa shape index (κ3) is 3.23. The van der Waals surface area contributed by atoms with Crippen LogP contribution in [0.25, 0.3) is 0 Å². The highest BCUT2D eigenvalue weighted by atomic mass is 16.4. The first-order chi connectivity index (χ1) is 8.32.